The van der Waals surface area contributed by atoms with Crippen LogP contribution in [0.3, 0.4) is 0 Å². The van der Waals surface area contributed by atoms with Crippen molar-refractivity contribution in [1.29, 1.82) is 0 Å². The summed E-state index contributed by atoms with van der Waals surface area (Å²) in [6.45, 7) is 6.87. The van der Waals surface area contributed by atoms with Crippen molar-refractivity contribution in [3.8, 4) is 0 Å². The second-order valence-electron chi connectivity index (χ2n) is 5.55. The first-order chi connectivity index (χ1) is 8.35. The van der Waals surface area contributed by atoms with Crippen LogP contribution in [0.4, 0.5) is 5.69 Å². The number of benzene rings is 1. The molecule has 1 heterocycles. The average Bonchev–Trinajstić information content (AvgIpc) is 2.63. The van der Waals surface area contributed by atoms with Crippen molar-refractivity contribution in [3.05, 3.63) is 24.1 Å². The van der Waals surface area contributed by atoms with Crippen LogP contribution in [0.25, 0.3) is 11.1 Å². The standard InChI is InChI=1S/C14H21N3O/c1-10-16-12-6-5-11(9-13(12)18-10)17(4)8-7-14(2,3)15/h5-6,9H,7-8,15H2,1-4H3. The van der Waals surface area contributed by atoms with E-state index in [-0.39, 0.29) is 5.54 Å². The summed E-state index contributed by atoms with van der Waals surface area (Å²) >= 11 is 0. The van der Waals surface area contributed by atoms with Gasteiger partial charge in [-0.2, -0.15) is 0 Å². The number of hydrogen-bond donors (Lipinski definition) is 1. The van der Waals surface area contributed by atoms with Gasteiger partial charge >= 0.3 is 0 Å². The van der Waals surface area contributed by atoms with Crippen molar-refractivity contribution in [2.75, 3.05) is 18.5 Å². The normalized spacial score (nSPS) is 12.1. The Labute approximate surface area is 108 Å². The van der Waals surface area contributed by atoms with E-state index >= 15 is 0 Å². The fourth-order valence-electron chi connectivity index (χ4n) is 1.85. The number of rotatable bonds is 4. The van der Waals surface area contributed by atoms with E-state index < -0.39 is 0 Å². The number of nitrogens with zero attached hydrogens (tertiary/aromatic N) is 2. The van der Waals surface area contributed by atoms with E-state index in [4.69, 9.17) is 10.2 Å². The van der Waals surface area contributed by atoms with Crippen LogP contribution in [0.2, 0.25) is 0 Å². The Morgan fingerprint density at radius 1 is 1.39 bits per heavy atom. The smallest absolute Gasteiger partial charge is 0.192 e. The van der Waals surface area contributed by atoms with Gasteiger partial charge < -0.3 is 15.1 Å². The largest absolute Gasteiger partial charge is 0.441 e. The lowest BCUT2D eigenvalue weighted by Gasteiger charge is -2.25. The van der Waals surface area contributed by atoms with E-state index in [9.17, 15) is 0 Å². The highest BCUT2D eigenvalue weighted by Gasteiger charge is 2.12. The molecule has 0 bridgehead atoms. The second kappa shape index (κ2) is 4.61. The van der Waals surface area contributed by atoms with Gasteiger partial charge in [0.2, 0.25) is 0 Å². The summed E-state index contributed by atoms with van der Waals surface area (Å²) in [7, 11) is 2.07. The number of anilines is 1. The molecule has 0 aliphatic carbocycles. The predicted molar refractivity (Wildman–Crippen MR) is 74.9 cm³/mol. The van der Waals surface area contributed by atoms with Gasteiger partial charge in [0.25, 0.3) is 0 Å². The van der Waals surface area contributed by atoms with Crippen molar-refractivity contribution in [1.82, 2.24) is 4.98 Å². The SMILES string of the molecule is Cc1nc2ccc(N(C)CCC(C)(C)N)cc2o1. The van der Waals surface area contributed by atoms with E-state index in [1.807, 2.05) is 32.9 Å². The van der Waals surface area contributed by atoms with Crippen molar-refractivity contribution in [2.24, 2.45) is 5.73 Å². The molecule has 0 amide bonds. The van der Waals surface area contributed by atoms with Crippen LogP contribution in [-0.2, 0) is 0 Å². The van der Waals surface area contributed by atoms with Crippen LogP contribution >= 0.6 is 0 Å². The number of nitrogens with two attached hydrogens (primary N) is 1. The maximum absolute atomic E-state index is 6.00. The molecule has 2 aromatic rings. The van der Waals surface area contributed by atoms with Crippen LogP contribution in [0.15, 0.2) is 22.6 Å². The highest BCUT2D eigenvalue weighted by Crippen LogP contribution is 2.22. The van der Waals surface area contributed by atoms with Crippen molar-refractivity contribution < 1.29 is 4.42 Å². The quantitative estimate of drug-likeness (QED) is 0.902. The molecular weight excluding hydrogens is 226 g/mol. The summed E-state index contributed by atoms with van der Waals surface area (Å²) in [5.74, 6) is 0.702. The summed E-state index contributed by atoms with van der Waals surface area (Å²) < 4.78 is 5.54. The van der Waals surface area contributed by atoms with E-state index in [0.29, 0.717) is 5.89 Å². The summed E-state index contributed by atoms with van der Waals surface area (Å²) in [6.07, 6.45) is 0.941. The minimum absolute atomic E-state index is 0.138. The third-order valence-corrected chi connectivity index (χ3v) is 3.01. The lowest BCUT2D eigenvalue weighted by Crippen LogP contribution is -2.36. The molecule has 0 aliphatic rings. The minimum atomic E-state index is -0.138. The Kier molecular flexibility index (Phi) is 3.30. The van der Waals surface area contributed by atoms with Crippen LogP contribution in [0.5, 0.6) is 0 Å². The Balaban J connectivity index is 2.14. The molecular formula is C14H21N3O. The molecule has 1 aromatic carbocycles. The first kappa shape index (κ1) is 12.9. The summed E-state index contributed by atoms with van der Waals surface area (Å²) in [5.41, 5.74) is 8.73. The molecule has 2 N–H and O–H groups in total. The first-order valence-corrected chi connectivity index (χ1v) is 6.22. The average molecular weight is 247 g/mol. The van der Waals surface area contributed by atoms with E-state index in [0.717, 1.165) is 29.8 Å². The zero-order chi connectivity index (χ0) is 13.3. The first-order valence-electron chi connectivity index (χ1n) is 6.22. The van der Waals surface area contributed by atoms with Crippen LogP contribution in [-0.4, -0.2) is 24.1 Å². The maximum Gasteiger partial charge on any atom is 0.192 e. The molecule has 4 heteroatoms. The molecule has 0 aliphatic heterocycles. The molecule has 0 saturated carbocycles. The lowest BCUT2D eigenvalue weighted by atomic mass is 10.0. The molecule has 0 radical (unpaired) electrons. The third-order valence-electron chi connectivity index (χ3n) is 3.01. The zero-order valence-electron chi connectivity index (χ0n) is 11.5. The number of aromatic nitrogens is 1. The van der Waals surface area contributed by atoms with Crippen LogP contribution in [0.1, 0.15) is 26.2 Å². The van der Waals surface area contributed by atoms with E-state index in [2.05, 4.69) is 23.0 Å². The lowest BCUT2D eigenvalue weighted by molar-refractivity contribution is 0.479. The summed E-state index contributed by atoms with van der Waals surface area (Å²) in [6, 6.07) is 6.08. The molecule has 0 unspecified atom stereocenters. The third kappa shape index (κ3) is 3.01. The molecule has 98 valence electrons. The highest BCUT2D eigenvalue weighted by atomic mass is 16.3. The van der Waals surface area contributed by atoms with Gasteiger partial charge in [0.1, 0.15) is 5.52 Å². The molecule has 4 nitrogen and oxygen atoms in total. The fraction of sp³-hybridized carbons (Fsp3) is 0.500. The Hall–Kier alpha value is -1.55. The maximum atomic E-state index is 6.00. The molecule has 2 rings (SSSR count). The monoisotopic (exact) mass is 247 g/mol. The van der Waals surface area contributed by atoms with Crippen LogP contribution in [0, 0.1) is 6.92 Å². The molecule has 0 atom stereocenters. The fourth-order valence-corrected chi connectivity index (χ4v) is 1.85. The van der Waals surface area contributed by atoms with Crippen molar-refractivity contribution in [2.45, 2.75) is 32.7 Å². The minimum Gasteiger partial charge on any atom is -0.441 e. The second-order valence-corrected chi connectivity index (χ2v) is 5.55. The molecule has 0 spiro atoms. The van der Waals surface area contributed by atoms with E-state index in [1.54, 1.807) is 0 Å². The molecule has 1 aromatic heterocycles. The molecule has 18 heavy (non-hydrogen) atoms. The van der Waals surface area contributed by atoms with Gasteiger partial charge in [0.05, 0.1) is 0 Å². The highest BCUT2D eigenvalue weighted by molar-refractivity contribution is 5.77. The number of aryl methyl sites for hydroxylation is 1. The summed E-state index contributed by atoms with van der Waals surface area (Å²) in [4.78, 5) is 6.48. The Morgan fingerprint density at radius 2 is 2.11 bits per heavy atom. The van der Waals surface area contributed by atoms with Gasteiger partial charge in [0.15, 0.2) is 11.5 Å². The van der Waals surface area contributed by atoms with Crippen LogP contribution < -0.4 is 10.6 Å². The van der Waals surface area contributed by atoms with Gasteiger partial charge in [0, 0.05) is 37.8 Å². The van der Waals surface area contributed by atoms with Gasteiger partial charge in [-0.05, 0) is 32.4 Å². The Morgan fingerprint density at radius 3 is 2.78 bits per heavy atom. The van der Waals surface area contributed by atoms with Gasteiger partial charge in [-0.15, -0.1) is 0 Å². The number of hydrogen-bond acceptors (Lipinski definition) is 4. The Bertz CT molecular complexity index is 539. The van der Waals surface area contributed by atoms with Crippen molar-refractivity contribution in [3.63, 3.8) is 0 Å². The van der Waals surface area contributed by atoms with E-state index in [1.165, 1.54) is 0 Å². The number of oxazole rings is 1. The molecule has 0 saturated heterocycles. The van der Waals surface area contributed by atoms with Crippen molar-refractivity contribution >= 4 is 16.8 Å². The zero-order valence-corrected chi connectivity index (χ0v) is 11.5. The summed E-state index contributed by atoms with van der Waals surface area (Å²) in [5, 5.41) is 0. The van der Waals surface area contributed by atoms with Gasteiger partial charge in [-0.25, -0.2) is 4.98 Å². The predicted octanol–water partition coefficient (Wildman–Crippen LogP) is 2.70. The number of fused-ring (bicyclic) bond motifs is 1. The van der Waals surface area contributed by atoms with Gasteiger partial charge in [-0.1, -0.05) is 0 Å². The topological polar surface area (TPSA) is 55.3 Å². The molecule has 0 fully saturated rings. The van der Waals surface area contributed by atoms with Gasteiger partial charge in [-0.3, -0.25) is 0 Å².